The number of benzene rings is 2. The summed E-state index contributed by atoms with van der Waals surface area (Å²) in [7, 11) is 1.77. The molecule has 0 radical (unpaired) electrons. The molecule has 0 aliphatic rings. The summed E-state index contributed by atoms with van der Waals surface area (Å²) < 4.78 is 7.29. The summed E-state index contributed by atoms with van der Waals surface area (Å²) in [5.41, 5.74) is 2.51. The molecule has 0 saturated heterocycles. The molecule has 2 aromatic carbocycles. The van der Waals surface area contributed by atoms with Crippen molar-refractivity contribution >= 4 is 23.2 Å². The molecule has 3 rings (SSSR count). The highest BCUT2D eigenvalue weighted by Crippen LogP contribution is 2.22. The maximum atomic E-state index is 12.2. The quantitative estimate of drug-likeness (QED) is 0.628. The lowest BCUT2D eigenvalue weighted by Gasteiger charge is -2.10. The van der Waals surface area contributed by atoms with Crippen LogP contribution in [0.3, 0.4) is 0 Å². The lowest BCUT2D eigenvalue weighted by atomic mass is 10.2. The van der Waals surface area contributed by atoms with Crippen molar-refractivity contribution in [3.05, 3.63) is 53.1 Å². The summed E-state index contributed by atoms with van der Waals surface area (Å²) in [5, 5.41) is 15.0. The Hall–Kier alpha value is -2.93. The van der Waals surface area contributed by atoms with Crippen molar-refractivity contribution in [1.29, 1.82) is 0 Å². The van der Waals surface area contributed by atoms with Gasteiger partial charge in [-0.15, -0.1) is 5.10 Å². The van der Waals surface area contributed by atoms with E-state index in [0.29, 0.717) is 36.0 Å². The first-order valence-corrected chi connectivity index (χ1v) is 8.92. The number of nitrogens with zero attached hydrogens (tertiary/aromatic N) is 4. The van der Waals surface area contributed by atoms with E-state index in [-0.39, 0.29) is 5.91 Å². The van der Waals surface area contributed by atoms with Gasteiger partial charge in [0.25, 0.3) is 0 Å². The van der Waals surface area contributed by atoms with Crippen molar-refractivity contribution in [2.24, 2.45) is 7.05 Å². The van der Waals surface area contributed by atoms with E-state index in [4.69, 9.17) is 16.3 Å². The Bertz CT molecular complexity index is 941. The zero-order chi connectivity index (χ0) is 19.2. The van der Waals surface area contributed by atoms with Crippen LogP contribution in [-0.2, 0) is 11.8 Å². The van der Waals surface area contributed by atoms with Crippen molar-refractivity contribution in [2.45, 2.75) is 19.8 Å². The number of hydrogen-bond donors (Lipinski definition) is 1. The maximum absolute atomic E-state index is 12.2. The third-order valence-corrected chi connectivity index (χ3v) is 4.20. The SMILES string of the molecule is Cc1cc(Cl)ccc1OCCCC(=O)Nc1cccc(-c2nnnn2C)c1. The molecule has 0 spiro atoms. The minimum Gasteiger partial charge on any atom is -0.493 e. The van der Waals surface area contributed by atoms with Gasteiger partial charge in [-0.05, 0) is 59.7 Å². The van der Waals surface area contributed by atoms with Crippen LogP contribution < -0.4 is 10.1 Å². The Morgan fingerprint density at radius 2 is 2.11 bits per heavy atom. The fraction of sp³-hybridized carbons (Fsp3) is 0.263. The molecular formula is C19H20ClN5O2. The molecule has 1 aromatic heterocycles. The van der Waals surface area contributed by atoms with Gasteiger partial charge in [0.2, 0.25) is 5.91 Å². The zero-order valence-electron chi connectivity index (χ0n) is 15.1. The van der Waals surface area contributed by atoms with Gasteiger partial charge in [0.1, 0.15) is 5.75 Å². The van der Waals surface area contributed by atoms with E-state index < -0.39 is 0 Å². The molecule has 1 heterocycles. The van der Waals surface area contributed by atoms with Crippen LogP contribution in [0, 0.1) is 6.92 Å². The highest BCUT2D eigenvalue weighted by molar-refractivity contribution is 6.30. The third kappa shape index (κ3) is 5.04. The van der Waals surface area contributed by atoms with E-state index in [1.165, 1.54) is 0 Å². The number of tetrazole rings is 1. The Kier molecular flexibility index (Phi) is 6.03. The first kappa shape index (κ1) is 18.8. The topological polar surface area (TPSA) is 81.9 Å². The van der Waals surface area contributed by atoms with Gasteiger partial charge in [-0.2, -0.15) is 0 Å². The number of carbonyl (C=O) groups excluding carboxylic acids is 1. The van der Waals surface area contributed by atoms with Gasteiger partial charge in [-0.25, -0.2) is 4.68 Å². The number of rotatable bonds is 7. The van der Waals surface area contributed by atoms with E-state index in [0.717, 1.165) is 16.9 Å². The maximum Gasteiger partial charge on any atom is 0.224 e. The molecule has 8 heteroatoms. The van der Waals surface area contributed by atoms with Gasteiger partial charge >= 0.3 is 0 Å². The molecule has 0 saturated carbocycles. The number of carbonyl (C=O) groups is 1. The number of halogens is 1. The summed E-state index contributed by atoms with van der Waals surface area (Å²) in [5.74, 6) is 1.35. The van der Waals surface area contributed by atoms with Crippen molar-refractivity contribution in [3.63, 3.8) is 0 Å². The minimum absolute atomic E-state index is 0.0698. The number of anilines is 1. The Balaban J connectivity index is 1.49. The van der Waals surface area contributed by atoms with Crippen LogP contribution in [0.4, 0.5) is 5.69 Å². The second-order valence-electron chi connectivity index (χ2n) is 6.12. The highest BCUT2D eigenvalue weighted by atomic mass is 35.5. The predicted molar refractivity (Wildman–Crippen MR) is 104 cm³/mol. The van der Waals surface area contributed by atoms with E-state index in [2.05, 4.69) is 20.8 Å². The molecule has 27 heavy (non-hydrogen) atoms. The lowest BCUT2D eigenvalue weighted by Crippen LogP contribution is -2.13. The average molecular weight is 386 g/mol. The minimum atomic E-state index is -0.0698. The highest BCUT2D eigenvalue weighted by Gasteiger charge is 2.08. The Morgan fingerprint density at radius 1 is 1.26 bits per heavy atom. The molecule has 0 fully saturated rings. The van der Waals surface area contributed by atoms with Gasteiger partial charge < -0.3 is 10.1 Å². The molecule has 0 atom stereocenters. The van der Waals surface area contributed by atoms with Gasteiger partial charge in [0.05, 0.1) is 6.61 Å². The van der Waals surface area contributed by atoms with Crippen LogP contribution in [0.5, 0.6) is 5.75 Å². The smallest absolute Gasteiger partial charge is 0.224 e. The van der Waals surface area contributed by atoms with Crippen LogP contribution in [0.25, 0.3) is 11.4 Å². The molecular weight excluding hydrogens is 366 g/mol. The zero-order valence-corrected chi connectivity index (χ0v) is 15.9. The summed E-state index contributed by atoms with van der Waals surface area (Å²) in [6, 6.07) is 12.9. The number of ether oxygens (including phenoxy) is 1. The molecule has 0 aliphatic carbocycles. The molecule has 3 aromatic rings. The van der Waals surface area contributed by atoms with Crippen LogP contribution in [0.2, 0.25) is 5.02 Å². The molecule has 0 bridgehead atoms. The van der Waals surface area contributed by atoms with E-state index in [1.807, 2.05) is 43.3 Å². The third-order valence-electron chi connectivity index (χ3n) is 3.97. The van der Waals surface area contributed by atoms with Crippen molar-refractivity contribution in [1.82, 2.24) is 20.2 Å². The average Bonchev–Trinajstić information content (AvgIpc) is 3.06. The summed E-state index contributed by atoms with van der Waals surface area (Å²) in [6.45, 7) is 2.40. The van der Waals surface area contributed by atoms with E-state index in [1.54, 1.807) is 17.8 Å². The number of nitrogens with one attached hydrogen (secondary N) is 1. The van der Waals surface area contributed by atoms with Crippen LogP contribution in [0.15, 0.2) is 42.5 Å². The summed E-state index contributed by atoms with van der Waals surface area (Å²) in [4.78, 5) is 12.2. The Morgan fingerprint density at radius 3 is 2.85 bits per heavy atom. The van der Waals surface area contributed by atoms with Crippen molar-refractivity contribution in [2.75, 3.05) is 11.9 Å². The number of aryl methyl sites for hydroxylation is 2. The predicted octanol–water partition coefficient (Wildman–Crippen LogP) is 3.64. The van der Waals surface area contributed by atoms with Crippen molar-refractivity contribution in [3.8, 4) is 17.1 Å². The van der Waals surface area contributed by atoms with Gasteiger partial charge in [-0.1, -0.05) is 23.7 Å². The number of hydrogen-bond acceptors (Lipinski definition) is 5. The van der Waals surface area contributed by atoms with Gasteiger partial charge in [0.15, 0.2) is 5.82 Å². The summed E-state index contributed by atoms with van der Waals surface area (Å²) in [6.07, 6.45) is 0.975. The van der Waals surface area contributed by atoms with E-state index >= 15 is 0 Å². The van der Waals surface area contributed by atoms with Crippen LogP contribution in [0.1, 0.15) is 18.4 Å². The first-order chi connectivity index (χ1) is 13.0. The second kappa shape index (κ2) is 8.64. The first-order valence-electron chi connectivity index (χ1n) is 8.54. The number of aromatic nitrogens is 4. The fourth-order valence-electron chi connectivity index (χ4n) is 2.62. The van der Waals surface area contributed by atoms with Gasteiger partial charge in [0, 0.05) is 29.7 Å². The molecule has 140 valence electrons. The monoisotopic (exact) mass is 385 g/mol. The van der Waals surface area contributed by atoms with Crippen molar-refractivity contribution < 1.29 is 9.53 Å². The van der Waals surface area contributed by atoms with E-state index in [9.17, 15) is 4.79 Å². The van der Waals surface area contributed by atoms with Crippen LogP contribution in [-0.4, -0.2) is 32.7 Å². The normalized spacial score (nSPS) is 10.6. The summed E-state index contributed by atoms with van der Waals surface area (Å²) >= 11 is 5.93. The van der Waals surface area contributed by atoms with Gasteiger partial charge in [-0.3, -0.25) is 4.79 Å². The Labute approximate surface area is 162 Å². The largest absolute Gasteiger partial charge is 0.493 e. The standard InChI is InChI=1S/C19H20ClN5O2/c1-13-11-15(20)8-9-17(13)27-10-4-7-18(26)21-16-6-3-5-14(12-16)19-22-23-24-25(19)2/h3,5-6,8-9,11-12H,4,7,10H2,1-2H3,(H,21,26). The second-order valence-corrected chi connectivity index (χ2v) is 6.55. The number of amides is 1. The molecule has 0 unspecified atom stereocenters. The molecule has 0 aliphatic heterocycles. The molecule has 1 N–H and O–H groups in total. The fourth-order valence-corrected chi connectivity index (χ4v) is 2.85. The molecule has 7 nitrogen and oxygen atoms in total. The lowest BCUT2D eigenvalue weighted by molar-refractivity contribution is -0.116. The van der Waals surface area contributed by atoms with Crippen LogP contribution >= 0.6 is 11.6 Å². The molecule has 1 amide bonds.